The van der Waals surface area contributed by atoms with E-state index in [1.165, 1.54) is 37.9 Å². The van der Waals surface area contributed by atoms with Gasteiger partial charge in [-0.1, -0.05) is 30.3 Å². The van der Waals surface area contributed by atoms with Crippen LogP contribution in [0.2, 0.25) is 0 Å². The molecule has 1 unspecified atom stereocenters. The number of aromatic nitrogens is 2. The molecule has 2 fully saturated rings. The molecule has 2 saturated heterocycles. The number of carbonyl (C=O) groups excluding carboxylic acids is 1. The van der Waals surface area contributed by atoms with E-state index >= 15 is 0 Å². The number of amides is 1. The van der Waals surface area contributed by atoms with Crippen molar-refractivity contribution in [2.45, 2.75) is 45.1 Å². The molecule has 0 bridgehead atoms. The van der Waals surface area contributed by atoms with Gasteiger partial charge in [0.05, 0.1) is 0 Å². The van der Waals surface area contributed by atoms with Crippen molar-refractivity contribution in [2.75, 3.05) is 32.7 Å². The van der Waals surface area contributed by atoms with Gasteiger partial charge in [0.25, 0.3) is 0 Å². The van der Waals surface area contributed by atoms with E-state index in [0.29, 0.717) is 18.4 Å². The van der Waals surface area contributed by atoms with Crippen LogP contribution >= 0.6 is 0 Å². The number of carbonyl (C=O) groups is 1. The van der Waals surface area contributed by atoms with Crippen LogP contribution < -0.4 is 0 Å². The molecule has 2 aliphatic rings. The van der Waals surface area contributed by atoms with Crippen LogP contribution in [0.5, 0.6) is 0 Å². The fraction of sp³-hybridized carbons (Fsp3) is 0.565. The zero-order chi connectivity index (χ0) is 19.2. The van der Waals surface area contributed by atoms with Gasteiger partial charge in [0.15, 0.2) is 0 Å². The minimum atomic E-state index is 0.286. The van der Waals surface area contributed by atoms with E-state index in [2.05, 4.69) is 45.2 Å². The molecule has 4 rings (SSSR count). The normalized spacial score (nSPS) is 22.8. The van der Waals surface area contributed by atoms with Crippen molar-refractivity contribution in [1.29, 1.82) is 0 Å². The first-order valence-corrected chi connectivity index (χ1v) is 10.7. The first-order valence-electron chi connectivity index (χ1n) is 10.7. The zero-order valence-corrected chi connectivity index (χ0v) is 16.8. The van der Waals surface area contributed by atoms with Crippen LogP contribution in [-0.4, -0.2) is 58.2 Å². The second kappa shape index (κ2) is 8.91. The summed E-state index contributed by atoms with van der Waals surface area (Å²) in [4.78, 5) is 17.4. The molecular formula is C23H32N4O. The van der Waals surface area contributed by atoms with Crippen LogP contribution in [0, 0.1) is 5.41 Å². The molecular weight excluding hydrogens is 348 g/mol. The largest absolute Gasteiger partial charge is 0.342 e. The molecule has 1 aromatic carbocycles. The number of rotatable bonds is 7. The SMILES string of the molecule is O=C(CCn1cccn1)N1CCC2(CCCN(CCCc3ccccc3)C2)C1. The fourth-order valence-corrected chi connectivity index (χ4v) is 4.93. The number of hydrogen-bond acceptors (Lipinski definition) is 3. The van der Waals surface area contributed by atoms with Gasteiger partial charge in [-0.2, -0.15) is 5.10 Å². The Kier molecular flexibility index (Phi) is 6.10. The van der Waals surface area contributed by atoms with Crippen molar-refractivity contribution in [3.63, 3.8) is 0 Å². The lowest BCUT2D eigenvalue weighted by molar-refractivity contribution is -0.131. The molecule has 3 heterocycles. The van der Waals surface area contributed by atoms with Gasteiger partial charge in [0.1, 0.15) is 0 Å². The quantitative estimate of drug-likeness (QED) is 0.741. The highest BCUT2D eigenvalue weighted by molar-refractivity contribution is 5.76. The Morgan fingerprint density at radius 1 is 1.04 bits per heavy atom. The van der Waals surface area contributed by atoms with Crippen LogP contribution in [0.4, 0.5) is 0 Å². The van der Waals surface area contributed by atoms with E-state index < -0.39 is 0 Å². The maximum absolute atomic E-state index is 12.6. The van der Waals surface area contributed by atoms with Gasteiger partial charge in [-0.3, -0.25) is 9.48 Å². The maximum atomic E-state index is 12.6. The standard InChI is InChI=1S/C23H32N4O/c28-22(10-17-27-16-6-13-24-27)26-18-12-23(20-26)11-5-15-25(19-23)14-4-9-21-7-2-1-3-8-21/h1-3,6-8,13,16H,4-5,9-12,14-15,17-20H2. The van der Waals surface area contributed by atoms with Crippen molar-refractivity contribution < 1.29 is 4.79 Å². The highest BCUT2D eigenvalue weighted by Gasteiger charge is 2.42. The molecule has 5 nitrogen and oxygen atoms in total. The summed E-state index contributed by atoms with van der Waals surface area (Å²) >= 11 is 0. The Balaban J connectivity index is 1.23. The van der Waals surface area contributed by atoms with Crippen LogP contribution in [0.25, 0.3) is 0 Å². The van der Waals surface area contributed by atoms with Crippen LogP contribution in [0.3, 0.4) is 0 Å². The molecule has 5 heteroatoms. The number of benzene rings is 1. The topological polar surface area (TPSA) is 41.4 Å². The molecule has 0 radical (unpaired) electrons. The monoisotopic (exact) mass is 380 g/mol. The molecule has 1 spiro atoms. The van der Waals surface area contributed by atoms with E-state index in [1.807, 2.05) is 16.9 Å². The molecule has 1 amide bonds. The Morgan fingerprint density at radius 3 is 2.75 bits per heavy atom. The van der Waals surface area contributed by atoms with Crippen molar-refractivity contribution >= 4 is 5.91 Å². The Bertz CT molecular complexity index is 745. The third-order valence-corrected chi connectivity index (χ3v) is 6.43. The van der Waals surface area contributed by atoms with Crippen molar-refractivity contribution in [3.8, 4) is 0 Å². The number of piperidine rings is 1. The van der Waals surface area contributed by atoms with E-state index in [9.17, 15) is 4.79 Å². The third-order valence-electron chi connectivity index (χ3n) is 6.43. The summed E-state index contributed by atoms with van der Waals surface area (Å²) < 4.78 is 1.85. The number of aryl methyl sites for hydroxylation is 2. The summed E-state index contributed by atoms with van der Waals surface area (Å²) in [6.07, 6.45) is 10.3. The molecule has 0 N–H and O–H groups in total. The maximum Gasteiger partial charge on any atom is 0.224 e. The summed E-state index contributed by atoms with van der Waals surface area (Å²) in [5, 5.41) is 4.20. The van der Waals surface area contributed by atoms with E-state index in [-0.39, 0.29) is 5.91 Å². The van der Waals surface area contributed by atoms with Crippen molar-refractivity contribution in [3.05, 3.63) is 54.4 Å². The second-order valence-corrected chi connectivity index (χ2v) is 8.55. The first kappa shape index (κ1) is 19.2. The molecule has 2 aromatic rings. The van der Waals surface area contributed by atoms with Gasteiger partial charge < -0.3 is 9.80 Å². The van der Waals surface area contributed by atoms with E-state index in [0.717, 1.165) is 32.5 Å². The molecule has 1 atom stereocenters. The zero-order valence-electron chi connectivity index (χ0n) is 16.8. The second-order valence-electron chi connectivity index (χ2n) is 8.55. The average Bonchev–Trinajstić information content (AvgIpc) is 3.38. The lowest BCUT2D eigenvalue weighted by Crippen LogP contribution is -2.45. The Morgan fingerprint density at radius 2 is 1.93 bits per heavy atom. The average molecular weight is 381 g/mol. The van der Waals surface area contributed by atoms with Gasteiger partial charge in [-0.25, -0.2) is 0 Å². The smallest absolute Gasteiger partial charge is 0.224 e. The van der Waals surface area contributed by atoms with Gasteiger partial charge in [0, 0.05) is 50.4 Å². The minimum Gasteiger partial charge on any atom is -0.342 e. The predicted molar refractivity (Wildman–Crippen MR) is 111 cm³/mol. The summed E-state index contributed by atoms with van der Waals surface area (Å²) in [7, 11) is 0. The molecule has 1 aromatic heterocycles. The Labute approximate surface area is 168 Å². The lowest BCUT2D eigenvalue weighted by atomic mass is 9.79. The molecule has 0 aliphatic carbocycles. The Hall–Kier alpha value is -2.14. The van der Waals surface area contributed by atoms with Gasteiger partial charge in [0.2, 0.25) is 5.91 Å². The van der Waals surface area contributed by atoms with E-state index in [1.54, 1.807) is 6.20 Å². The van der Waals surface area contributed by atoms with Crippen molar-refractivity contribution in [1.82, 2.24) is 19.6 Å². The van der Waals surface area contributed by atoms with Crippen molar-refractivity contribution in [2.24, 2.45) is 5.41 Å². The minimum absolute atomic E-state index is 0.286. The van der Waals surface area contributed by atoms with Gasteiger partial charge in [-0.15, -0.1) is 0 Å². The lowest BCUT2D eigenvalue weighted by Gasteiger charge is -2.40. The number of hydrogen-bond donors (Lipinski definition) is 0. The van der Waals surface area contributed by atoms with Crippen LogP contribution in [0.1, 0.15) is 37.7 Å². The third kappa shape index (κ3) is 4.82. The first-order chi connectivity index (χ1) is 13.7. The van der Waals surface area contributed by atoms with E-state index in [4.69, 9.17) is 0 Å². The predicted octanol–water partition coefficient (Wildman–Crippen LogP) is 3.22. The van der Waals surface area contributed by atoms with Gasteiger partial charge in [-0.05, 0) is 56.8 Å². The molecule has 0 saturated carbocycles. The number of likely N-dealkylation sites (tertiary alicyclic amines) is 2. The number of nitrogens with zero attached hydrogens (tertiary/aromatic N) is 4. The fourth-order valence-electron chi connectivity index (χ4n) is 4.93. The van der Waals surface area contributed by atoms with Gasteiger partial charge >= 0.3 is 0 Å². The summed E-state index contributed by atoms with van der Waals surface area (Å²) in [5.41, 5.74) is 1.76. The summed E-state index contributed by atoms with van der Waals surface area (Å²) in [6.45, 7) is 6.09. The summed E-state index contributed by atoms with van der Waals surface area (Å²) in [6, 6.07) is 12.7. The summed E-state index contributed by atoms with van der Waals surface area (Å²) in [5.74, 6) is 0.286. The van der Waals surface area contributed by atoms with Crippen LogP contribution in [0.15, 0.2) is 48.8 Å². The molecule has 28 heavy (non-hydrogen) atoms. The highest BCUT2D eigenvalue weighted by Crippen LogP contribution is 2.39. The molecule has 150 valence electrons. The van der Waals surface area contributed by atoms with Crippen LogP contribution in [-0.2, 0) is 17.8 Å². The molecule has 2 aliphatic heterocycles. The highest BCUT2D eigenvalue weighted by atomic mass is 16.2.